The second-order valence-corrected chi connectivity index (χ2v) is 2.78. The molecule has 0 fully saturated rings. The van der Waals surface area contributed by atoms with E-state index in [0.717, 1.165) is 0 Å². The van der Waals surface area contributed by atoms with Crippen LogP contribution in [0.4, 0.5) is 0 Å². The summed E-state index contributed by atoms with van der Waals surface area (Å²) < 4.78 is 0. The second-order valence-electron chi connectivity index (χ2n) is 2.78. The quantitative estimate of drug-likeness (QED) is 0.588. The van der Waals surface area contributed by atoms with Crippen molar-refractivity contribution in [1.29, 1.82) is 5.26 Å². The molecule has 0 saturated carbocycles. The van der Waals surface area contributed by atoms with E-state index in [1.54, 1.807) is 13.0 Å². The van der Waals surface area contributed by atoms with E-state index < -0.39 is 11.8 Å². The van der Waals surface area contributed by atoms with Gasteiger partial charge in [-0.15, -0.1) is 0 Å². The molecule has 0 bridgehead atoms. The van der Waals surface area contributed by atoms with Crippen LogP contribution in [0, 0.1) is 17.2 Å². The average Bonchev–Trinajstić information content (AvgIpc) is 2.03. The van der Waals surface area contributed by atoms with E-state index in [9.17, 15) is 9.59 Å². The Morgan fingerprint density at radius 3 is 2.77 bits per heavy atom. The molecule has 0 aromatic rings. The topological polar surface area (TPSA) is 70.3 Å². The maximum Gasteiger partial charge on any atom is 0.267 e. The smallest absolute Gasteiger partial charge is 0.267 e. The van der Waals surface area contributed by atoms with Gasteiger partial charge in [0.1, 0.15) is 5.92 Å². The summed E-state index contributed by atoms with van der Waals surface area (Å²) in [5.74, 6) is -1.57. The van der Waals surface area contributed by atoms with Gasteiger partial charge in [0.2, 0.25) is 0 Å². The molecule has 4 heteroatoms. The number of carbonyl (C=O) groups excluding carboxylic acids is 2. The normalized spacial score (nSPS) is 21.6. The van der Waals surface area contributed by atoms with Gasteiger partial charge in [0.15, 0.2) is 5.78 Å². The zero-order valence-corrected chi connectivity index (χ0v) is 7.37. The summed E-state index contributed by atoms with van der Waals surface area (Å²) in [6.07, 6.45) is 1.37. The minimum absolute atomic E-state index is 0.172. The fourth-order valence-corrected chi connectivity index (χ4v) is 1.12. The van der Waals surface area contributed by atoms with E-state index >= 15 is 0 Å². The van der Waals surface area contributed by atoms with Gasteiger partial charge in [-0.25, -0.2) is 4.99 Å². The molecule has 4 nitrogen and oxygen atoms in total. The largest absolute Gasteiger partial charge is 0.294 e. The number of Topliss-reactive ketones (excluding diaryl/α,β-unsaturated/α-hetero) is 1. The lowest BCUT2D eigenvalue weighted by atomic mass is 9.97. The van der Waals surface area contributed by atoms with E-state index in [2.05, 4.69) is 4.99 Å². The van der Waals surface area contributed by atoms with E-state index in [0.29, 0.717) is 11.3 Å². The lowest BCUT2D eigenvalue weighted by Crippen LogP contribution is -2.20. The van der Waals surface area contributed by atoms with Gasteiger partial charge < -0.3 is 0 Å². The highest BCUT2D eigenvalue weighted by molar-refractivity contribution is 6.24. The number of allylic oxidation sites excluding steroid dienone is 1. The molecule has 1 unspecified atom stereocenters. The van der Waals surface area contributed by atoms with Gasteiger partial charge in [0, 0.05) is 5.57 Å². The molecule has 1 heterocycles. The number of dihydropyridines is 1. The van der Waals surface area contributed by atoms with E-state index in [1.807, 2.05) is 0 Å². The standard InChI is InChI=1S/C9H8N2O2/c1-5-8(6(2)12)3-7(4-10)9(13)11-5/h3,7H,1-2H3. The fourth-order valence-electron chi connectivity index (χ4n) is 1.12. The summed E-state index contributed by atoms with van der Waals surface area (Å²) in [5, 5.41) is 8.55. The van der Waals surface area contributed by atoms with Gasteiger partial charge in [0.05, 0.1) is 11.8 Å². The summed E-state index contributed by atoms with van der Waals surface area (Å²) in [6, 6.07) is 1.77. The number of ketones is 1. The molecule has 1 aliphatic rings. The van der Waals surface area contributed by atoms with Crippen molar-refractivity contribution in [2.75, 3.05) is 0 Å². The Morgan fingerprint density at radius 2 is 2.31 bits per heavy atom. The van der Waals surface area contributed by atoms with Crippen LogP contribution in [0.15, 0.2) is 16.6 Å². The van der Waals surface area contributed by atoms with Crippen LogP contribution in [-0.2, 0) is 9.59 Å². The Morgan fingerprint density at radius 1 is 1.69 bits per heavy atom. The second kappa shape index (κ2) is 3.31. The molecule has 0 saturated heterocycles. The van der Waals surface area contributed by atoms with Crippen LogP contribution in [0.5, 0.6) is 0 Å². The van der Waals surface area contributed by atoms with Gasteiger partial charge in [-0.3, -0.25) is 9.59 Å². The molecule has 0 aliphatic carbocycles. The molecule has 1 aliphatic heterocycles. The van der Waals surface area contributed by atoms with Crippen LogP contribution in [0.2, 0.25) is 0 Å². The number of amides is 1. The molecule has 1 atom stereocenters. The van der Waals surface area contributed by atoms with E-state index in [-0.39, 0.29) is 5.78 Å². The highest BCUT2D eigenvalue weighted by atomic mass is 16.1. The molecule has 13 heavy (non-hydrogen) atoms. The Bertz CT molecular complexity index is 372. The highest BCUT2D eigenvalue weighted by Crippen LogP contribution is 2.14. The maximum atomic E-state index is 11.0. The highest BCUT2D eigenvalue weighted by Gasteiger charge is 2.23. The summed E-state index contributed by atoms with van der Waals surface area (Å²) >= 11 is 0. The first-order chi connectivity index (χ1) is 6.06. The third-order valence-corrected chi connectivity index (χ3v) is 1.79. The third-order valence-electron chi connectivity index (χ3n) is 1.79. The van der Waals surface area contributed by atoms with Crippen molar-refractivity contribution in [3.63, 3.8) is 0 Å². The van der Waals surface area contributed by atoms with Crippen LogP contribution in [0.3, 0.4) is 0 Å². The molecular weight excluding hydrogens is 168 g/mol. The van der Waals surface area contributed by atoms with Crippen LogP contribution in [-0.4, -0.2) is 17.4 Å². The Hall–Kier alpha value is -1.76. The number of hydrogen-bond donors (Lipinski definition) is 0. The average molecular weight is 176 g/mol. The number of hydrogen-bond acceptors (Lipinski definition) is 3. The van der Waals surface area contributed by atoms with Crippen LogP contribution >= 0.6 is 0 Å². The lowest BCUT2D eigenvalue weighted by molar-refractivity contribution is -0.119. The molecule has 0 spiro atoms. The van der Waals surface area contributed by atoms with E-state index in [4.69, 9.17) is 5.26 Å². The van der Waals surface area contributed by atoms with Gasteiger partial charge in [-0.2, -0.15) is 5.26 Å². The molecule has 0 aromatic carbocycles. The summed E-state index contributed by atoms with van der Waals surface area (Å²) in [4.78, 5) is 25.6. The predicted molar refractivity (Wildman–Crippen MR) is 46.0 cm³/mol. The number of aliphatic imine (C=N–C) groups is 1. The summed E-state index contributed by atoms with van der Waals surface area (Å²) in [5.41, 5.74) is 0.759. The van der Waals surface area contributed by atoms with Gasteiger partial charge in [-0.05, 0) is 19.9 Å². The van der Waals surface area contributed by atoms with Crippen LogP contribution in [0.25, 0.3) is 0 Å². The maximum absolute atomic E-state index is 11.0. The molecule has 1 amide bonds. The van der Waals surface area contributed by atoms with Crippen molar-refractivity contribution >= 4 is 17.4 Å². The lowest BCUT2D eigenvalue weighted by Gasteiger charge is -2.10. The number of carbonyl (C=O) groups is 2. The molecular formula is C9H8N2O2. The molecule has 0 N–H and O–H groups in total. The molecule has 66 valence electrons. The fraction of sp³-hybridized carbons (Fsp3) is 0.333. The SMILES string of the molecule is CC(=O)C1=CC(C#N)C(=O)N=C1C. The predicted octanol–water partition coefficient (Wildman–Crippen LogP) is 0.643. The first-order valence-corrected chi connectivity index (χ1v) is 3.78. The van der Waals surface area contributed by atoms with Crippen molar-refractivity contribution in [1.82, 2.24) is 0 Å². The number of nitrogens with zero attached hydrogens (tertiary/aromatic N) is 2. The zero-order valence-electron chi connectivity index (χ0n) is 7.37. The Kier molecular flexibility index (Phi) is 2.38. The zero-order chi connectivity index (χ0) is 10.0. The minimum atomic E-state index is -0.900. The summed E-state index contributed by atoms with van der Waals surface area (Å²) in [7, 11) is 0. The van der Waals surface area contributed by atoms with E-state index in [1.165, 1.54) is 13.0 Å². The van der Waals surface area contributed by atoms with Crippen molar-refractivity contribution in [3.05, 3.63) is 11.6 Å². The van der Waals surface area contributed by atoms with Crippen LogP contribution in [0.1, 0.15) is 13.8 Å². The van der Waals surface area contributed by atoms with Crippen molar-refractivity contribution < 1.29 is 9.59 Å². The monoisotopic (exact) mass is 176 g/mol. The third kappa shape index (κ3) is 1.70. The first-order valence-electron chi connectivity index (χ1n) is 3.78. The Balaban J connectivity index is 3.12. The van der Waals surface area contributed by atoms with Gasteiger partial charge in [0.25, 0.3) is 5.91 Å². The first kappa shape index (κ1) is 9.33. The Labute approximate surface area is 75.6 Å². The summed E-state index contributed by atoms with van der Waals surface area (Å²) in [6.45, 7) is 2.97. The van der Waals surface area contributed by atoms with Crippen molar-refractivity contribution in [3.8, 4) is 6.07 Å². The molecule has 0 radical (unpaired) electrons. The molecule has 1 rings (SSSR count). The van der Waals surface area contributed by atoms with Crippen LogP contribution < -0.4 is 0 Å². The van der Waals surface area contributed by atoms with Crippen molar-refractivity contribution in [2.24, 2.45) is 10.9 Å². The van der Waals surface area contributed by atoms with Crippen molar-refractivity contribution in [2.45, 2.75) is 13.8 Å². The number of nitriles is 1. The number of rotatable bonds is 1. The van der Waals surface area contributed by atoms with Gasteiger partial charge in [-0.1, -0.05) is 0 Å². The van der Waals surface area contributed by atoms with Gasteiger partial charge >= 0.3 is 0 Å². The molecule has 0 aromatic heterocycles. The minimum Gasteiger partial charge on any atom is -0.294 e.